The number of amides is 1. The van der Waals surface area contributed by atoms with Gasteiger partial charge in [-0.1, -0.05) is 13.0 Å². The van der Waals surface area contributed by atoms with Crippen molar-refractivity contribution in [1.82, 2.24) is 5.32 Å². The van der Waals surface area contributed by atoms with E-state index in [2.05, 4.69) is 18.8 Å². The lowest BCUT2D eigenvalue weighted by atomic mass is 9.94. The number of hydrogen-bond donors (Lipinski definition) is 1. The molecule has 0 radical (unpaired) electrons. The van der Waals surface area contributed by atoms with E-state index in [1.807, 2.05) is 26.8 Å². The van der Waals surface area contributed by atoms with Gasteiger partial charge in [0.05, 0.1) is 6.04 Å². The average molecular weight is 297 g/mol. The van der Waals surface area contributed by atoms with Gasteiger partial charge in [0, 0.05) is 6.42 Å². The first kappa shape index (κ1) is 17.5. The Kier molecular flexibility index (Phi) is 6.24. The van der Waals surface area contributed by atoms with Gasteiger partial charge in [0.2, 0.25) is 0 Å². The molecule has 0 saturated carbocycles. The highest BCUT2D eigenvalue weighted by molar-refractivity contribution is 5.72. The molecule has 1 aliphatic heterocycles. The zero-order chi connectivity index (χ0) is 16.0. The molecule has 0 aliphatic carbocycles. The van der Waals surface area contributed by atoms with Crippen molar-refractivity contribution in [2.24, 2.45) is 5.92 Å². The molecule has 0 bridgehead atoms. The van der Waals surface area contributed by atoms with Gasteiger partial charge < -0.3 is 14.8 Å². The van der Waals surface area contributed by atoms with Gasteiger partial charge in [-0.3, -0.25) is 4.79 Å². The predicted octanol–water partition coefficient (Wildman–Crippen LogP) is 3.19. The second-order valence-corrected chi connectivity index (χ2v) is 6.68. The van der Waals surface area contributed by atoms with Crippen molar-refractivity contribution in [2.75, 3.05) is 0 Å². The summed E-state index contributed by atoms with van der Waals surface area (Å²) in [6.45, 7) is 11.3. The molecule has 21 heavy (non-hydrogen) atoms. The third-order valence-corrected chi connectivity index (χ3v) is 3.29. The maximum absolute atomic E-state index is 12.0. The quantitative estimate of drug-likeness (QED) is 0.604. The number of ether oxygens (including phenoxy) is 2. The lowest BCUT2D eigenvalue weighted by Crippen LogP contribution is -2.46. The molecule has 120 valence electrons. The molecule has 1 fully saturated rings. The van der Waals surface area contributed by atoms with Crippen LogP contribution in [0.4, 0.5) is 4.79 Å². The molecule has 0 spiro atoms. The maximum atomic E-state index is 12.0. The number of cyclic esters (lactones) is 1. The number of carbonyl (C=O) groups is 2. The topological polar surface area (TPSA) is 64.6 Å². The van der Waals surface area contributed by atoms with Crippen LogP contribution >= 0.6 is 0 Å². The number of nitrogens with one attached hydrogen (secondary N) is 1. The van der Waals surface area contributed by atoms with E-state index in [4.69, 9.17) is 9.47 Å². The van der Waals surface area contributed by atoms with Crippen molar-refractivity contribution in [3.63, 3.8) is 0 Å². The van der Waals surface area contributed by atoms with Crippen LogP contribution in [0.5, 0.6) is 0 Å². The van der Waals surface area contributed by atoms with Crippen LogP contribution in [-0.4, -0.2) is 29.8 Å². The molecule has 5 heteroatoms. The Hall–Kier alpha value is -1.52. The molecule has 1 rings (SSSR count). The van der Waals surface area contributed by atoms with Crippen LogP contribution in [0.2, 0.25) is 0 Å². The Bertz CT molecular complexity index is 386. The standard InChI is InChI=1S/C16H27NO4/c1-6-7-11(2)10-12(13-8-9-14(18)20-13)17-15(19)21-16(3,4)5/h6,11-13H,1,7-10H2,2-5H3,(H,17,19)/t11-,12-,13-/m0/s1. The molecular formula is C16H27NO4. The fraction of sp³-hybridized carbons (Fsp3) is 0.750. The zero-order valence-electron chi connectivity index (χ0n) is 13.5. The molecule has 1 saturated heterocycles. The minimum absolute atomic E-state index is 0.202. The van der Waals surface area contributed by atoms with Gasteiger partial charge in [0.25, 0.3) is 0 Å². The van der Waals surface area contributed by atoms with Crippen molar-refractivity contribution in [1.29, 1.82) is 0 Å². The predicted molar refractivity (Wildman–Crippen MR) is 80.9 cm³/mol. The van der Waals surface area contributed by atoms with E-state index in [0.717, 1.165) is 12.8 Å². The van der Waals surface area contributed by atoms with Crippen molar-refractivity contribution >= 4 is 12.1 Å². The summed E-state index contributed by atoms with van der Waals surface area (Å²) >= 11 is 0. The molecule has 0 aromatic carbocycles. The van der Waals surface area contributed by atoms with Crippen LogP contribution in [0.25, 0.3) is 0 Å². The number of alkyl carbamates (subject to hydrolysis) is 1. The molecule has 0 unspecified atom stereocenters. The fourth-order valence-corrected chi connectivity index (χ4v) is 2.41. The molecule has 1 heterocycles. The van der Waals surface area contributed by atoms with E-state index in [1.54, 1.807) is 0 Å². The highest BCUT2D eigenvalue weighted by Gasteiger charge is 2.33. The molecular weight excluding hydrogens is 270 g/mol. The van der Waals surface area contributed by atoms with Crippen molar-refractivity contribution in [3.8, 4) is 0 Å². The summed E-state index contributed by atoms with van der Waals surface area (Å²) in [6, 6.07) is -0.221. The van der Waals surface area contributed by atoms with Gasteiger partial charge in [0.1, 0.15) is 11.7 Å². The molecule has 1 N–H and O–H groups in total. The van der Waals surface area contributed by atoms with Crippen LogP contribution in [0, 0.1) is 5.92 Å². The summed E-state index contributed by atoms with van der Waals surface area (Å²) < 4.78 is 10.6. The highest BCUT2D eigenvalue weighted by Crippen LogP contribution is 2.23. The molecule has 1 amide bonds. The Labute approximate surface area is 127 Å². The van der Waals surface area contributed by atoms with Crippen LogP contribution in [0.3, 0.4) is 0 Å². The summed E-state index contributed by atoms with van der Waals surface area (Å²) in [5.41, 5.74) is -0.548. The number of hydrogen-bond acceptors (Lipinski definition) is 4. The minimum Gasteiger partial charge on any atom is -0.460 e. The largest absolute Gasteiger partial charge is 0.460 e. The normalized spacial score (nSPS) is 21.3. The van der Waals surface area contributed by atoms with E-state index < -0.39 is 11.7 Å². The molecule has 0 aromatic rings. The second-order valence-electron chi connectivity index (χ2n) is 6.68. The lowest BCUT2D eigenvalue weighted by Gasteiger charge is -2.28. The van der Waals surface area contributed by atoms with Gasteiger partial charge in [0.15, 0.2) is 0 Å². The first-order valence-corrected chi connectivity index (χ1v) is 7.51. The van der Waals surface area contributed by atoms with E-state index in [-0.39, 0.29) is 18.1 Å². The van der Waals surface area contributed by atoms with Crippen molar-refractivity contribution < 1.29 is 19.1 Å². The molecule has 3 atom stereocenters. The second kappa shape index (κ2) is 7.48. The summed E-state index contributed by atoms with van der Waals surface area (Å²) in [5, 5.41) is 2.85. The summed E-state index contributed by atoms with van der Waals surface area (Å²) in [7, 11) is 0. The number of esters is 1. The number of rotatable bonds is 6. The summed E-state index contributed by atoms with van der Waals surface area (Å²) in [6.07, 6.45) is 3.75. The number of carbonyl (C=O) groups excluding carboxylic acids is 2. The fourth-order valence-electron chi connectivity index (χ4n) is 2.41. The first-order valence-electron chi connectivity index (χ1n) is 7.51. The third-order valence-electron chi connectivity index (χ3n) is 3.29. The number of allylic oxidation sites excluding steroid dienone is 1. The van der Waals surface area contributed by atoms with Crippen molar-refractivity contribution in [2.45, 2.75) is 71.1 Å². The smallest absolute Gasteiger partial charge is 0.408 e. The van der Waals surface area contributed by atoms with Gasteiger partial charge in [-0.05, 0) is 46.0 Å². The average Bonchev–Trinajstić information content (AvgIpc) is 2.72. The van der Waals surface area contributed by atoms with E-state index in [1.165, 1.54) is 0 Å². The first-order chi connectivity index (χ1) is 9.71. The summed E-state index contributed by atoms with van der Waals surface area (Å²) in [5.74, 6) is 0.147. The van der Waals surface area contributed by atoms with Gasteiger partial charge in [-0.2, -0.15) is 0 Å². The Morgan fingerprint density at radius 3 is 2.71 bits per heavy atom. The Balaban J connectivity index is 2.65. The van der Waals surface area contributed by atoms with Crippen LogP contribution < -0.4 is 5.32 Å². The highest BCUT2D eigenvalue weighted by atomic mass is 16.6. The SMILES string of the molecule is C=CC[C@H](C)C[C@H](NC(=O)OC(C)(C)C)[C@@H]1CCC(=O)O1. The molecule has 0 aromatic heterocycles. The molecule has 5 nitrogen and oxygen atoms in total. The summed E-state index contributed by atoms with van der Waals surface area (Å²) in [4.78, 5) is 23.3. The van der Waals surface area contributed by atoms with Crippen molar-refractivity contribution in [3.05, 3.63) is 12.7 Å². The van der Waals surface area contributed by atoms with E-state index in [0.29, 0.717) is 18.8 Å². The lowest BCUT2D eigenvalue weighted by molar-refractivity contribution is -0.142. The van der Waals surface area contributed by atoms with Crippen LogP contribution in [0.15, 0.2) is 12.7 Å². The van der Waals surface area contributed by atoms with Crippen LogP contribution in [0.1, 0.15) is 53.4 Å². The van der Waals surface area contributed by atoms with Gasteiger partial charge >= 0.3 is 12.1 Å². The monoisotopic (exact) mass is 297 g/mol. The van der Waals surface area contributed by atoms with Gasteiger partial charge in [-0.25, -0.2) is 4.79 Å². The third kappa shape index (κ3) is 6.65. The zero-order valence-corrected chi connectivity index (χ0v) is 13.5. The van der Waals surface area contributed by atoms with E-state index >= 15 is 0 Å². The maximum Gasteiger partial charge on any atom is 0.408 e. The van der Waals surface area contributed by atoms with E-state index in [9.17, 15) is 9.59 Å². The minimum atomic E-state index is -0.548. The molecule has 1 aliphatic rings. The van der Waals surface area contributed by atoms with Crippen LogP contribution in [-0.2, 0) is 14.3 Å². The Morgan fingerprint density at radius 1 is 1.57 bits per heavy atom. The van der Waals surface area contributed by atoms with Gasteiger partial charge in [-0.15, -0.1) is 6.58 Å². The Morgan fingerprint density at radius 2 is 2.24 bits per heavy atom.